The van der Waals surface area contributed by atoms with E-state index in [1.165, 1.54) is 5.57 Å². The normalized spacial score (nSPS) is 44.8. The number of unbranched alkanes of at least 4 members (excludes halogenated alkanes) is 1. The predicted octanol–water partition coefficient (Wildman–Crippen LogP) is 5.51. The van der Waals surface area contributed by atoms with Crippen LogP contribution in [-0.4, -0.2) is 90.0 Å². The summed E-state index contributed by atoms with van der Waals surface area (Å²) in [6.07, 6.45) is 8.91. The Morgan fingerprint density at radius 2 is 1.92 bits per heavy atom. The first kappa shape index (κ1) is 37.9. The lowest BCUT2D eigenvalue weighted by Crippen LogP contribution is -2.67. The van der Waals surface area contributed by atoms with E-state index in [1.807, 2.05) is 39.8 Å². The third kappa shape index (κ3) is 7.65. The molecule has 4 aliphatic heterocycles. The van der Waals surface area contributed by atoms with E-state index in [4.69, 9.17) is 28.4 Å². The standard InChI is InChI=1S/C39H58O10/c1-9-10-13-24(4)36(41)47-33-26(6)27(7)48-38(34(33)40)20-30-19-29(49-38)16-15-23(3)17-22(2)12-11-14-28-21-45-35-32(44-8)25(5)18-31(37(42)46-30)39(28,35)43/h11-12,14-15,18,22,24,26-27,29-35,40,43H,9-10,13,16-17,19-21H2,1-8H3/b12-11+,23-15+,28-14+. The smallest absolute Gasteiger partial charge is 0.316 e. The van der Waals surface area contributed by atoms with Gasteiger partial charge in [0.15, 0.2) is 0 Å². The Morgan fingerprint density at radius 1 is 1.16 bits per heavy atom. The van der Waals surface area contributed by atoms with Crippen molar-refractivity contribution in [3.8, 4) is 0 Å². The van der Waals surface area contributed by atoms with Crippen molar-refractivity contribution in [2.45, 2.75) is 148 Å². The summed E-state index contributed by atoms with van der Waals surface area (Å²) in [6, 6.07) is 0. The first-order valence-corrected chi connectivity index (χ1v) is 18.3. The zero-order valence-electron chi connectivity index (χ0n) is 30.6. The van der Waals surface area contributed by atoms with E-state index in [0.717, 1.165) is 24.8 Å². The summed E-state index contributed by atoms with van der Waals surface area (Å²) in [5, 5.41) is 24.4. The maximum absolute atomic E-state index is 14.3. The van der Waals surface area contributed by atoms with E-state index < -0.39 is 66.0 Å². The number of fused-ring (bicyclic) bond motifs is 2. The van der Waals surface area contributed by atoms with Gasteiger partial charge in [-0.25, -0.2) is 0 Å². The summed E-state index contributed by atoms with van der Waals surface area (Å²) in [4.78, 5) is 27.5. The number of aliphatic hydroxyl groups is 2. The van der Waals surface area contributed by atoms with Crippen LogP contribution in [0.3, 0.4) is 0 Å². The van der Waals surface area contributed by atoms with Gasteiger partial charge < -0.3 is 38.6 Å². The molecule has 49 heavy (non-hydrogen) atoms. The second kappa shape index (κ2) is 15.5. The highest BCUT2D eigenvalue weighted by Crippen LogP contribution is 2.48. The van der Waals surface area contributed by atoms with Crippen LogP contribution >= 0.6 is 0 Å². The van der Waals surface area contributed by atoms with E-state index in [1.54, 1.807) is 13.2 Å². The highest BCUT2D eigenvalue weighted by Gasteiger charge is 2.62. The predicted molar refractivity (Wildman–Crippen MR) is 183 cm³/mol. The lowest BCUT2D eigenvalue weighted by Gasteiger charge is -2.53. The highest BCUT2D eigenvalue weighted by molar-refractivity contribution is 5.78. The molecule has 274 valence electrons. The molecule has 13 atom stereocenters. The Bertz CT molecular complexity index is 1330. The Labute approximate surface area is 291 Å². The number of carbonyl (C=O) groups excluding carboxylic acids is 2. The molecular formula is C39H58O10. The molecule has 13 unspecified atom stereocenters. The van der Waals surface area contributed by atoms with E-state index in [-0.39, 0.29) is 36.8 Å². The molecule has 2 bridgehead atoms. The Balaban J connectivity index is 1.50. The second-order valence-electron chi connectivity index (χ2n) is 15.3. The maximum Gasteiger partial charge on any atom is 0.316 e. The molecule has 0 radical (unpaired) electrons. The quantitative estimate of drug-likeness (QED) is 0.273. The van der Waals surface area contributed by atoms with Crippen LogP contribution in [0.4, 0.5) is 0 Å². The van der Waals surface area contributed by atoms with Crippen molar-refractivity contribution in [2.75, 3.05) is 13.7 Å². The summed E-state index contributed by atoms with van der Waals surface area (Å²) < 4.78 is 37.4. The average Bonchev–Trinajstić information content (AvgIpc) is 3.39. The van der Waals surface area contributed by atoms with Crippen LogP contribution in [-0.2, 0) is 38.0 Å². The van der Waals surface area contributed by atoms with Crippen molar-refractivity contribution in [3.05, 3.63) is 47.1 Å². The molecule has 1 aliphatic carbocycles. The number of aliphatic hydroxyl groups excluding tert-OH is 1. The molecule has 1 spiro atoms. The molecule has 4 heterocycles. The summed E-state index contributed by atoms with van der Waals surface area (Å²) in [5.74, 6) is -4.00. The number of allylic oxidation sites excluding steroid dienone is 4. The number of ether oxygens (including phenoxy) is 6. The van der Waals surface area contributed by atoms with Crippen molar-refractivity contribution in [2.24, 2.45) is 23.7 Å². The van der Waals surface area contributed by atoms with Gasteiger partial charge in [0.05, 0.1) is 24.7 Å². The number of rotatable bonds is 6. The zero-order chi connectivity index (χ0) is 35.7. The largest absolute Gasteiger partial charge is 0.462 e. The molecule has 0 aromatic rings. The molecule has 5 aliphatic rings. The van der Waals surface area contributed by atoms with Crippen LogP contribution in [0, 0.1) is 23.7 Å². The first-order valence-electron chi connectivity index (χ1n) is 18.3. The monoisotopic (exact) mass is 686 g/mol. The van der Waals surface area contributed by atoms with Gasteiger partial charge in [-0.15, -0.1) is 0 Å². The molecule has 0 saturated carbocycles. The van der Waals surface area contributed by atoms with Crippen molar-refractivity contribution in [1.82, 2.24) is 0 Å². The maximum atomic E-state index is 14.3. The summed E-state index contributed by atoms with van der Waals surface area (Å²) >= 11 is 0. The first-order chi connectivity index (χ1) is 23.2. The van der Waals surface area contributed by atoms with Crippen LogP contribution < -0.4 is 0 Å². The average molecular weight is 687 g/mol. The van der Waals surface area contributed by atoms with Crippen LogP contribution in [0.25, 0.3) is 0 Å². The van der Waals surface area contributed by atoms with Crippen molar-refractivity contribution >= 4 is 11.9 Å². The van der Waals surface area contributed by atoms with Gasteiger partial charge in [-0.2, -0.15) is 0 Å². The van der Waals surface area contributed by atoms with Gasteiger partial charge in [0.25, 0.3) is 0 Å². The van der Waals surface area contributed by atoms with Gasteiger partial charge in [-0.1, -0.05) is 76.5 Å². The zero-order valence-corrected chi connectivity index (χ0v) is 30.6. The molecule has 5 rings (SSSR count). The summed E-state index contributed by atoms with van der Waals surface area (Å²) in [7, 11) is 1.57. The van der Waals surface area contributed by atoms with Gasteiger partial charge in [0.1, 0.15) is 42.0 Å². The fourth-order valence-electron chi connectivity index (χ4n) is 8.27. The van der Waals surface area contributed by atoms with Gasteiger partial charge >= 0.3 is 11.9 Å². The highest BCUT2D eigenvalue weighted by atomic mass is 16.7. The molecule has 0 aromatic heterocycles. The molecule has 0 amide bonds. The fraction of sp³-hybridized carbons (Fsp3) is 0.744. The Hall–Kier alpha value is -2.34. The lowest BCUT2D eigenvalue weighted by molar-refractivity contribution is -0.383. The molecule has 0 aromatic carbocycles. The number of carbonyl (C=O) groups is 2. The van der Waals surface area contributed by atoms with Crippen molar-refractivity contribution in [3.63, 3.8) is 0 Å². The molecule has 10 heteroatoms. The minimum atomic E-state index is -1.68. The number of esters is 2. The van der Waals surface area contributed by atoms with Gasteiger partial charge in [-0.05, 0) is 57.1 Å². The topological polar surface area (TPSA) is 130 Å². The van der Waals surface area contributed by atoms with Crippen LogP contribution in [0.2, 0.25) is 0 Å². The Kier molecular flexibility index (Phi) is 12.0. The van der Waals surface area contributed by atoms with Gasteiger partial charge in [0.2, 0.25) is 5.79 Å². The molecule has 3 saturated heterocycles. The molecule has 10 nitrogen and oxygen atoms in total. The van der Waals surface area contributed by atoms with Crippen LogP contribution in [0.15, 0.2) is 47.1 Å². The lowest BCUT2D eigenvalue weighted by atomic mass is 9.70. The van der Waals surface area contributed by atoms with Crippen molar-refractivity contribution < 1.29 is 48.2 Å². The van der Waals surface area contributed by atoms with E-state index in [0.29, 0.717) is 24.8 Å². The van der Waals surface area contributed by atoms with Gasteiger partial charge in [-0.3, -0.25) is 9.59 Å². The molecule has 3 fully saturated rings. The number of hydrogen-bond donors (Lipinski definition) is 2. The molecule has 2 N–H and O–H groups in total. The summed E-state index contributed by atoms with van der Waals surface area (Å²) in [5.41, 5.74) is 0.847. The van der Waals surface area contributed by atoms with E-state index in [2.05, 4.69) is 32.9 Å². The van der Waals surface area contributed by atoms with E-state index >= 15 is 0 Å². The SMILES string of the molecule is CCCCC(C)C(=O)OC1C(C)C(C)OC2(CC3CC(C/C=C(\C)CC(C)/C=C/C=C4\COC5C(OC)C(C)=CC(C(=O)O3)C45O)O2)C1O. The number of methoxy groups -OCH3 is 1. The third-order valence-corrected chi connectivity index (χ3v) is 11.4. The minimum Gasteiger partial charge on any atom is -0.462 e. The molecular weight excluding hydrogens is 628 g/mol. The fourth-order valence-corrected chi connectivity index (χ4v) is 8.27. The second-order valence-corrected chi connectivity index (χ2v) is 15.3. The van der Waals surface area contributed by atoms with Crippen LogP contribution in [0.1, 0.15) is 93.4 Å². The van der Waals surface area contributed by atoms with Crippen molar-refractivity contribution in [1.29, 1.82) is 0 Å². The summed E-state index contributed by atoms with van der Waals surface area (Å²) in [6.45, 7) is 13.9. The Morgan fingerprint density at radius 3 is 2.63 bits per heavy atom. The van der Waals surface area contributed by atoms with Crippen LogP contribution in [0.5, 0.6) is 0 Å². The number of hydrogen-bond acceptors (Lipinski definition) is 10. The minimum absolute atomic E-state index is 0.0343. The van der Waals surface area contributed by atoms with Gasteiger partial charge in [0, 0.05) is 25.9 Å². The third-order valence-electron chi connectivity index (χ3n) is 11.4. The van der Waals surface area contributed by atoms with E-state index in [9.17, 15) is 19.8 Å².